The van der Waals surface area contributed by atoms with Crippen molar-refractivity contribution in [2.45, 2.75) is 45.2 Å². The molecule has 0 atom stereocenters. The molecule has 0 radical (unpaired) electrons. The van der Waals surface area contributed by atoms with E-state index >= 15 is 0 Å². The Labute approximate surface area is 172 Å². The van der Waals surface area contributed by atoms with Gasteiger partial charge in [-0.2, -0.15) is 4.31 Å². The Morgan fingerprint density at radius 3 is 2.41 bits per heavy atom. The van der Waals surface area contributed by atoms with Gasteiger partial charge in [-0.05, 0) is 57.5 Å². The lowest BCUT2D eigenvalue weighted by Gasteiger charge is -2.28. The molecule has 29 heavy (non-hydrogen) atoms. The summed E-state index contributed by atoms with van der Waals surface area (Å²) in [6.45, 7) is 9.23. The first-order valence-corrected chi connectivity index (χ1v) is 11.2. The van der Waals surface area contributed by atoms with Crippen molar-refractivity contribution in [3.8, 4) is 0 Å². The number of aryl methyl sites for hydroxylation is 2. The molecule has 1 fully saturated rings. The van der Waals surface area contributed by atoms with E-state index in [0.29, 0.717) is 44.2 Å². The van der Waals surface area contributed by atoms with Crippen LogP contribution in [0.4, 0.5) is 0 Å². The van der Waals surface area contributed by atoms with Gasteiger partial charge in [0.15, 0.2) is 0 Å². The second kappa shape index (κ2) is 8.69. The highest BCUT2D eigenvalue weighted by Gasteiger charge is 2.29. The van der Waals surface area contributed by atoms with Gasteiger partial charge in [0.1, 0.15) is 11.5 Å². The zero-order valence-corrected chi connectivity index (χ0v) is 18.2. The van der Waals surface area contributed by atoms with Crippen LogP contribution in [0.15, 0.2) is 39.6 Å². The van der Waals surface area contributed by atoms with Gasteiger partial charge in [-0.1, -0.05) is 6.07 Å². The monoisotopic (exact) mass is 420 g/mol. The number of rotatable bonds is 6. The molecule has 8 heteroatoms. The molecule has 1 saturated heterocycles. The van der Waals surface area contributed by atoms with Gasteiger partial charge >= 0.3 is 0 Å². The number of furan rings is 1. The maximum Gasteiger partial charge on any atom is 0.254 e. The van der Waals surface area contributed by atoms with Gasteiger partial charge < -0.3 is 14.1 Å². The van der Waals surface area contributed by atoms with Crippen LogP contribution in [0.5, 0.6) is 0 Å². The number of nitrogens with zero attached hydrogens (tertiary/aromatic N) is 2. The SMILES string of the molecule is Cc1ccc(CN(C(=O)c2cc(S(=O)(=O)N3CCOCC3)ccc2C)C(C)C)o1. The van der Waals surface area contributed by atoms with Gasteiger partial charge in [0.25, 0.3) is 5.91 Å². The Morgan fingerprint density at radius 2 is 1.83 bits per heavy atom. The summed E-state index contributed by atoms with van der Waals surface area (Å²) < 4.78 is 38.3. The van der Waals surface area contributed by atoms with Crippen molar-refractivity contribution in [3.63, 3.8) is 0 Å². The number of amides is 1. The van der Waals surface area contributed by atoms with Crippen LogP contribution in [0.2, 0.25) is 0 Å². The Morgan fingerprint density at radius 1 is 1.14 bits per heavy atom. The Hall–Kier alpha value is -2.16. The molecule has 0 unspecified atom stereocenters. The van der Waals surface area contributed by atoms with Crippen LogP contribution in [0.25, 0.3) is 0 Å². The third-order valence-corrected chi connectivity index (χ3v) is 6.95. The van der Waals surface area contributed by atoms with Gasteiger partial charge in [0, 0.05) is 24.7 Å². The predicted molar refractivity (Wildman–Crippen MR) is 109 cm³/mol. The Bertz CT molecular complexity index is 975. The third-order valence-electron chi connectivity index (χ3n) is 5.05. The fourth-order valence-corrected chi connectivity index (χ4v) is 4.74. The number of carbonyl (C=O) groups excluding carboxylic acids is 1. The average Bonchev–Trinajstić information content (AvgIpc) is 3.11. The van der Waals surface area contributed by atoms with E-state index in [1.165, 1.54) is 10.4 Å². The van der Waals surface area contributed by atoms with E-state index < -0.39 is 10.0 Å². The van der Waals surface area contributed by atoms with Crippen molar-refractivity contribution in [1.82, 2.24) is 9.21 Å². The molecular weight excluding hydrogens is 392 g/mol. The molecule has 0 saturated carbocycles. The van der Waals surface area contributed by atoms with Crippen molar-refractivity contribution in [2.75, 3.05) is 26.3 Å². The van der Waals surface area contributed by atoms with E-state index in [2.05, 4.69) is 0 Å². The lowest BCUT2D eigenvalue weighted by atomic mass is 10.1. The molecule has 7 nitrogen and oxygen atoms in total. The van der Waals surface area contributed by atoms with E-state index in [1.54, 1.807) is 17.0 Å². The molecular formula is C21H28N2O5S. The van der Waals surface area contributed by atoms with E-state index in [0.717, 1.165) is 11.3 Å². The minimum atomic E-state index is -3.67. The molecule has 3 rings (SSSR count). The summed E-state index contributed by atoms with van der Waals surface area (Å²) in [5.41, 5.74) is 1.12. The molecule has 1 amide bonds. The Kier molecular flexibility index (Phi) is 6.45. The topological polar surface area (TPSA) is 80.1 Å². The molecule has 1 aromatic heterocycles. The fourth-order valence-electron chi connectivity index (χ4n) is 3.31. The molecule has 0 bridgehead atoms. The van der Waals surface area contributed by atoms with Gasteiger partial charge in [-0.3, -0.25) is 4.79 Å². The van der Waals surface area contributed by atoms with Crippen molar-refractivity contribution in [2.24, 2.45) is 0 Å². The van der Waals surface area contributed by atoms with Crippen LogP contribution < -0.4 is 0 Å². The first-order valence-electron chi connectivity index (χ1n) is 9.75. The highest BCUT2D eigenvalue weighted by atomic mass is 32.2. The third kappa shape index (κ3) is 4.71. The van der Waals surface area contributed by atoms with Crippen molar-refractivity contribution in [1.29, 1.82) is 0 Å². The minimum Gasteiger partial charge on any atom is -0.464 e. The standard InChI is InChI=1S/C21H28N2O5S/c1-15(2)23(14-18-7-6-17(4)28-18)21(24)20-13-19(8-5-16(20)3)29(25,26)22-9-11-27-12-10-22/h5-8,13,15H,9-12,14H2,1-4H3. The van der Waals surface area contributed by atoms with Crippen molar-refractivity contribution in [3.05, 3.63) is 53.0 Å². The van der Waals surface area contributed by atoms with Crippen LogP contribution in [0.1, 0.15) is 41.3 Å². The van der Waals surface area contributed by atoms with Crippen molar-refractivity contribution >= 4 is 15.9 Å². The maximum absolute atomic E-state index is 13.3. The fraction of sp³-hybridized carbons (Fsp3) is 0.476. The Balaban J connectivity index is 1.92. The van der Waals surface area contributed by atoms with Gasteiger partial charge in [0.2, 0.25) is 10.0 Å². The highest BCUT2D eigenvalue weighted by molar-refractivity contribution is 7.89. The second-order valence-electron chi connectivity index (χ2n) is 7.53. The summed E-state index contributed by atoms with van der Waals surface area (Å²) >= 11 is 0. The molecule has 1 aliphatic heterocycles. The van der Waals surface area contributed by atoms with Crippen molar-refractivity contribution < 1.29 is 22.4 Å². The van der Waals surface area contributed by atoms with Crippen LogP contribution >= 0.6 is 0 Å². The maximum atomic E-state index is 13.3. The second-order valence-corrected chi connectivity index (χ2v) is 9.47. The predicted octanol–water partition coefficient (Wildman–Crippen LogP) is 2.97. The van der Waals surface area contributed by atoms with Gasteiger partial charge in [0.05, 0.1) is 24.7 Å². The molecule has 1 aromatic carbocycles. The summed E-state index contributed by atoms with van der Waals surface area (Å²) in [5.74, 6) is 1.26. The molecule has 0 N–H and O–H groups in total. The van der Waals surface area contributed by atoms with Crippen LogP contribution in [0, 0.1) is 13.8 Å². The summed E-state index contributed by atoms with van der Waals surface area (Å²) in [7, 11) is -3.67. The molecule has 0 aliphatic carbocycles. The summed E-state index contributed by atoms with van der Waals surface area (Å²) in [6.07, 6.45) is 0. The smallest absolute Gasteiger partial charge is 0.254 e. The molecule has 1 aliphatic rings. The van der Waals surface area contributed by atoms with E-state index in [-0.39, 0.29) is 16.8 Å². The molecule has 2 aromatic rings. The number of benzene rings is 1. The van der Waals surface area contributed by atoms with Crippen LogP contribution in [-0.4, -0.2) is 55.9 Å². The first kappa shape index (κ1) is 21.5. The average molecular weight is 421 g/mol. The largest absolute Gasteiger partial charge is 0.464 e. The van der Waals surface area contributed by atoms with Gasteiger partial charge in [-0.15, -0.1) is 0 Å². The van der Waals surface area contributed by atoms with Crippen LogP contribution in [0.3, 0.4) is 0 Å². The summed E-state index contributed by atoms with van der Waals surface area (Å²) in [5, 5.41) is 0. The number of hydrogen-bond donors (Lipinski definition) is 0. The van der Waals surface area contributed by atoms with E-state index in [4.69, 9.17) is 9.15 Å². The molecule has 0 spiro atoms. The number of morpholine rings is 1. The summed E-state index contributed by atoms with van der Waals surface area (Å²) in [4.78, 5) is 15.1. The zero-order valence-electron chi connectivity index (χ0n) is 17.3. The molecule has 158 valence electrons. The number of ether oxygens (including phenoxy) is 1. The lowest BCUT2D eigenvalue weighted by molar-refractivity contribution is 0.0674. The quantitative estimate of drug-likeness (QED) is 0.718. The number of sulfonamides is 1. The highest BCUT2D eigenvalue weighted by Crippen LogP contribution is 2.23. The van der Waals surface area contributed by atoms with E-state index in [1.807, 2.05) is 39.8 Å². The molecule has 2 heterocycles. The number of hydrogen-bond acceptors (Lipinski definition) is 5. The zero-order chi connectivity index (χ0) is 21.2. The first-order chi connectivity index (χ1) is 13.7. The van der Waals surface area contributed by atoms with E-state index in [9.17, 15) is 13.2 Å². The normalized spacial score (nSPS) is 15.6. The van der Waals surface area contributed by atoms with Crippen LogP contribution in [-0.2, 0) is 21.3 Å². The lowest BCUT2D eigenvalue weighted by Crippen LogP contribution is -2.41. The number of carbonyl (C=O) groups is 1. The van der Waals surface area contributed by atoms with Gasteiger partial charge in [-0.25, -0.2) is 8.42 Å². The summed E-state index contributed by atoms with van der Waals surface area (Å²) in [6, 6.07) is 8.38. The minimum absolute atomic E-state index is 0.0770.